The van der Waals surface area contributed by atoms with E-state index in [1.807, 2.05) is 0 Å². The van der Waals surface area contributed by atoms with Gasteiger partial charge < -0.3 is 4.90 Å². The summed E-state index contributed by atoms with van der Waals surface area (Å²) >= 11 is 10.3. The van der Waals surface area contributed by atoms with Crippen LogP contribution in [0.5, 0.6) is 0 Å². The molecule has 1 amide bonds. The second-order valence-corrected chi connectivity index (χ2v) is 8.97. The van der Waals surface area contributed by atoms with E-state index in [-0.39, 0.29) is 15.2 Å². The molecule has 0 spiro atoms. The van der Waals surface area contributed by atoms with E-state index in [0.29, 0.717) is 10.2 Å². The molecule has 0 bridgehead atoms. The van der Waals surface area contributed by atoms with Crippen LogP contribution in [0, 0.1) is 0 Å². The van der Waals surface area contributed by atoms with Crippen molar-refractivity contribution in [3.05, 3.63) is 52.0 Å². The first-order valence-electron chi connectivity index (χ1n) is 6.66. The number of rotatable bonds is 4. The maximum atomic E-state index is 12.4. The molecule has 1 N–H and O–H groups in total. The lowest BCUT2D eigenvalue weighted by atomic mass is 10.3. The lowest BCUT2D eigenvalue weighted by Gasteiger charge is -2.11. The topological polar surface area (TPSA) is 66.5 Å². The van der Waals surface area contributed by atoms with Crippen molar-refractivity contribution in [2.45, 2.75) is 9.79 Å². The molecule has 24 heavy (non-hydrogen) atoms. The van der Waals surface area contributed by atoms with E-state index in [1.165, 1.54) is 17.0 Å². The van der Waals surface area contributed by atoms with Crippen LogP contribution in [0.3, 0.4) is 0 Å². The number of nitrogens with zero attached hydrogens (tertiary/aromatic N) is 1. The minimum Gasteiger partial charge on any atom is -0.339 e. The molecule has 0 aliphatic heterocycles. The largest absolute Gasteiger partial charge is 0.339 e. The Labute approximate surface area is 158 Å². The molecule has 0 unspecified atom stereocenters. The number of nitrogens with one attached hydrogen (secondary N) is 1. The first-order valence-corrected chi connectivity index (χ1v) is 10.1. The summed E-state index contributed by atoms with van der Waals surface area (Å²) < 4.78 is 28.0. The Hall–Kier alpha value is -1.22. The van der Waals surface area contributed by atoms with Crippen LogP contribution in [0.25, 0.3) is 0 Å². The van der Waals surface area contributed by atoms with Crippen LogP contribution in [-0.4, -0.2) is 32.7 Å². The molecule has 2 rings (SSSR count). The van der Waals surface area contributed by atoms with Crippen LogP contribution in [0.1, 0.15) is 0 Å². The molecule has 128 valence electrons. The fraction of sp³-hybridized carbons (Fsp3) is 0.133. The average Bonchev–Trinajstić information content (AvgIpc) is 2.48. The first-order chi connectivity index (χ1) is 11.2. The van der Waals surface area contributed by atoms with Gasteiger partial charge in [0.15, 0.2) is 0 Å². The van der Waals surface area contributed by atoms with Crippen molar-refractivity contribution < 1.29 is 13.2 Å². The lowest BCUT2D eigenvalue weighted by Crippen LogP contribution is -2.16. The molecule has 2 aromatic rings. The third-order valence-corrected chi connectivity index (χ3v) is 6.27. The summed E-state index contributed by atoms with van der Waals surface area (Å²) in [5.74, 6) is 0. The van der Waals surface area contributed by atoms with Crippen molar-refractivity contribution >= 4 is 60.2 Å². The summed E-state index contributed by atoms with van der Waals surface area (Å²) in [5.41, 5.74) is 0.385. The molecule has 0 aliphatic rings. The van der Waals surface area contributed by atoms with E-state index >= 15 is 0 Å². The third-order valence-electron chi connectivity index (χ3n) is 2.86. The molecule has 9 heteroatoms. The SMILES string of the molecule is CN(C)C(=O)Sc1ccc(NS(=O)(=O)c2ccc(Br)cc2Cl)cc1. The Balaban J connectivity index is 2.17. The van der Waals surface area contributed by atoms with Crippen molar-refractivity contribution in [2.75, 3.05) is 18.8 Å². The Kier molecular flexibility index (Phi) is 6.19. The molecule has 0 atom stereocenters. The summed E-state index contributed by atoms with van der Waals surface area (Å²) in [7, 11) is -0.462. The molecule has 0 saturated heterocycles. The zero-order valence-electron chi connectivity index (χ0n) is 12.8. The van der Waals surface area contributed by atoms with Crippen LogP contribution < -0.4 is 4.72 Å². The molecular formula is C15H14BrClN2O3S2. The van der Waals surface area contributed by atoms with Crippen LogP contribution >= 0.6 is 39.3 Å². The van der Waals surface area contributed by atoms with E-state index in [1.54, 1.807) is 44.4 Å². The molecular weight excluding hydrogens is 436 g/mol. The van der Waals surface area contributed by atoms with Gasteiger partial charge >= 0.3 is 0 Å². The molecule has 0 radical (unpaired) electrons. The molecule has 0 heterocycles. The summed E-state index contributed by atoms with van der Waals surface area (Å²) in [6.45, 7) is 0. The summed E-state index contributed by atoms with van der Waals surface area (Å²) in [6.07, 6.45) is 0. The van der Waals surface area contributed by atoms with Crippen molar-refractivity contribution in [3.63, 3.8) is 0 Å². The number of halogens is 2. The van der Waals surface area contributed by atoms with Gasteiger partial charge in [0.25, 0.3) is 15.3 Å². The Morgan fingerprint density at radius 2 is 1.79 bits per heavy atom. The van der Waals surface area contributed by atoms with Gasteiger partial charge in [-0.05, 0) is 54.2 Å². The Morgan fingerprint density at radius 3 is 2.33 bits per heavy atom. The van der Waals surface area contributed by atoms with Crippen molar-refractivity contribution in [1.82, 2.24) is 4.90 Å². The standard InChI is InChI=1S/C15H14BrClN2O3S2/c1-19(2)15(20)23-12-6-4-11(5-7-12)18-24(21,22)14-8-3-10(16)9-13(14)17/h3-9,18H,1-2H3. The quantitative estimate of drug-likeness (QED) is 0.688. The molecule has 0 saturated carbocycles. The van der Waals surface area contributed by atoms with Gasteiger partial charge in [-0.15, -0.1) is 0 Å². The maximum Gasteiger partial charge on any atom is 0.285 e. The number of benzene rings is 2. The van der Waals surface area contributed by atoms with Gasteiger partial charge in [0.05, 0.1) is 5.02 Å². The highest BCUT2D eigenvalue weighted by molar-refractivity contribution is 9.10. The highest BCUT2D eigenvalue weighted by Gasteiger charge is 2.18. The normalized spacial score (nSPS) is 11.2. The smallest absolute Gasteiger partial charge is 0.285 e. The number of amides is 1. The van der Waals surface area contributed by atoms with Gasteiger partial charge in [0, 0.05) is 29.2 Å². The maximum absolute atomic E-state index is 12.4. The van der Waals surface area contributed by atoms with Gasteiger partial charge in [0.1, 0.15) is 4.90 Å². The average molecular weight is 450 g/mol. The van der Waals surface area contributed by atoms with Crippen LogP contribution in [0.2, 0.25) is 5.02 Å². The summed E-state index contributed by atoms with van der Waals surface area (Å²) in [6, 6.07) is 11.1. The zero-order valence-corrected chi connectivity index (χ0v) is 16.8. The van der Waals surface area contributed by atoms with Crippen LogP contribution in [0.15, 0.2) is 56.7 Å². The number of hydrogen-bond acceptors (Lipinski definition) is 4. The molecule has 0 aliphatic carbocycles. The molecule has 2 aromatic carbocycles. The second-order valence-electron chi connectivity index (χ2n) is 4.97. The summed E-state index contributed by atoms with van der Waals surface area (Å²) in [5, 5.41) is 0.0191. The predicted molar refractivity (Wildman–Crippen MR) is 101 cm³/mol. The van der Waals surface area contributed by atoms with Crippen molar-refractivity contribution in [1.29, 1.82) is 0 Å². The van der Waals surface area contributed by atoms with Crippen LogP contribution in [0.4, 0.5) is 10.5 Å². The summed E-state index contributed by atoms with van der Waals surface area (Å²) in [4.78, 5) is 13.8. The van der Waals surface area contributed by atoms with Gasteiger partial charge in [-0.3, -0.25) is 9.52 Å². The van der Waals surface area contributed by atoms with E-state index in [0.717, 1.165) is 16.7 Å². The highest BCUT2D eigenvalue weighted by atomic mass is 79.9. The monoisotopic (exact) mass is 448 g/mol. The van der Waals surface area contributed by atoms with E-state index < -0.39 is 10.0 Å². The minimum atomic E-state index is -3.79. The number of carbonyl (C=O) groups is 1. The number of anilines is 1. The Bertz CT molecular complexity index is 856. The van der Waals surface area contributed by atoms with E-state index in [4.69, 9.17) is 11.6 Å². The van der Waals surface area contributed by atoms with Crippen molar-refractivity contribution in [2.24, 2.45) is 0 Å². The highest BCUT2D eigenvalue weighted by Crippen LogP contribution is 2.28. The number of sulfonamides is 1. The van der Waals surface area contributed by atoms with Crippen LogP contribution in [-0.2, 0) is 10.0 Å². The van der Waals surface area contributed by atoms with E-state index in [2.05, 4.69) is 20.7 Å². The third kappa shape index (κ3) is 4.89. The first kappa shape index (κ1) is 19.1. The lowest BCUT2D eigenvalue weighted by molar-refractivity contribution is 0.241. The van der Waals surface area contributed by atoms with Gasteiger partial charge in [-0.2, -0.15) is 0 Å². The van der Waals surface area contributed by atoms with Crippen molar-refractivity contribution in [3.8, 4) is 0 Å². The fourth-order valence-electron chi connectivity index (χ4n) is 1.69. The molecule has 5 nitrogen and oxygen atoms in total. The van der Waals surface area contributed by atoms with Gasteiger partial charge in [-0.1, -0.05) is 27.5 Å². The number of thioether (sulfide) groups is 1. The molecule has 0 fully saturated rings. The number of hydrogen-bond donors (Lipinski definition) is 1. The van der Waals surface area contributed by atoms with Gasteiger partial charge in [0.2, 0.25) is 0 Å². The zero-order chi connectivity index (χ0) is 17.9. The van der Waals surface area contributed by atoms with E-state index in [9.17, 15) is 13.2 Å². The molecule has 0 aromatic heterocycles. The fourth-order valence-corrected chi connectivity index (χ4v) is 4.44. The second kappa shape index (κ2) is 7.77. The number of carbonyl (C=O) groups excluding carboxylic acids is 1. The minimum absolute atomic E-state index is 0.00592. The Morgan fingerprint density at radius 1 is 1.17 bits per heavy atom. The van der Waals surface area contributed by atoms with Gasteiger partial charge in [-0.25, -0.2) is 8.42 Å². The predicted octanol–water partition coefficient (Wildman–Crippen LogP) is 4.68.